The van der Waals surface area contributed by atoms with Gasteiger partial charge in [0.2, 0.25) is 0 Å². The zero-order chi connectivity index (χ0) is 12.1. The normalized spacial score (nSPS) is 12.9. The first-order chi connectivity index (χ1) is 7.49. The van der Waals surface area contributed by atoms with Crippen LogP contribution in [0.5, 0.6) is 5.75 Å². The number of rotatable bonds is 5. The molecule has 2 N–H and O–H groups in total. The second-order valence-electron chi connectivity index (χ2n) is 4.24. The van der Waals surface area contributed by atoms with E-state index in [1.54, 1.807) is 0 Å². The average Bonchev–Trinajstić information content (AvgIpc) is 2.15. The van der Waals surface area contributed by atoms with E-state index >= 15 is 0 Å². The Hall–Kier alpha value is -0.770. The van der Waals surface area contributed by atoms with Gasteiger partial charge in [0.25, 0.3) is 0 Å². The van der Waals surface area contributed by atoms with Gasteiger partial charge in [0, 0.05) is 11.6 Å². The Balaban J connectivity index is 2.48. The zero-order valence-electron chi connectivity index (χ0n) is 10.0. The largest absolute Gasteiger partial charge is 0.492 e. The fourth-order valence-corrected chi connectivity index (χ4v) is 1.72. The van der Waals surface area contributed by atoms with Crippen molar-refractivity contribution < 1.29 is 4.74 Å². The lowest BCUT2D eigenvalue weighted by molar-refractivity contribution is 0.253. The summed E-state index contributed by atoms with van der Waals surface area (Å²) in [5.74, 6) is 0.846. The van der Waals surface area contributed by atoms with Crippen LogP contribution in [-0.4, -0.2) is 38.2 Å². The van der Waals surface area contributed by atoms with Crippen molar-refractivity contribution in [3.8, 4) is 5.75 Å². The molecule has 0 fully saturated rings. The van der Waals surface area contributed by atoms with Crippen molar-refractivity contribution in [3.05, 3.63) is 28.8 Å². The van der Waals surface area contributed by atoms with Gasteiger partial charge in [-0.1, -0.05) is 11.6 Å². The molecule has 0 aliphatic heterocycles. The number of likely N-dealkylation sites (N-methyl/N-ethyl adjacent to an activating group) is 1. The summed E-state index contributed by atoms with van der Waals surface area (Å²) in [6.07, 6.45) is 0. The van der Waals surface area contributed by atoms with E-state index in [1.807, 2.05) is 44.1 Å². The maximum atomic E-state index is 5.91. The van der Waals surface area contributed by atoms with Gasteiger partial charge in [-0.05, 0) is 44.8 Å². The second-order valence-corrected chi connectivity index (χ2v) is 4.68. The van der Waals surface area contributed by atoms with E-state index in [1.165, 1.54) is 0 Å². The Bertz CT molecular complexity index is 342. The van der Waals surface area contributed by atoms with Crippen LogP contribution in [-0.2, 0) is 0 Å². The summed E-state index contributed by atoms with van der Waals surface area (Å²) < 4.78 is 5.64. The molecule has 1 atom stereocenters. The third-order valence-corrected chi connectivity index (χ3v) is 2.42. The van der Waals surface area contributed by atoms with Crippen LogP contribution < -0.4 is 10.5 Å². The number of ether oxygens (including phenoxy) is 1. The van der Waals surface area contributed by atoms with Crippen LogP contribution in [0.25, 0.3) is 0 Å². The standard InChI is InChI=1S/C12H19ClN2O/c1-9-6-10(13)4-5-12(9)16-8-11(14)7-15(2)3/h4-6,11H,7-8,14H2,1-3H3. The molecule has 16 heavy (non-hydrogen) atoms. The maximum Gasteiger partial charge on any atom is 0.122 e. The molecule has 1 unspecified atom stereocenters. The highest BCUT2D eigenvalue weighted by Gasteiger charge is 2.06. The van der Waals surface area contributed by atoms with Gasteiger partial charge >= 0.3 is 0 Å². The molecule has 0 aliphatic rings. The Labute approximate surface area is 102 Å². The van der Waals surface area contributed by atoms with Crippen LogP contribution in [0.2, 0.25) is 5.02 Å². The van der Waals surface area contributed by atoms with E-state index in [-0.39, 0.29) is 6.04 Å². The molecule has 0 heterocycles. The van der Waals surface area contributed by atoms with Crippen LogP contribution >= 0.6 is 11.6 Å². The number of nitrogens with zero attached hydrogens (tertiary/aromatic N) is 1. The van der Waals surface area contributed by atoms with E-state index in [0.717, 1.165) is 22.9 Å². The molecular formula is C12H19ClN2O. The Morgan fingerprint density at radius 3 is 2.69 bits per heavy atom. The fourth-order valence-electron chi connectivity index (χ4n) is 1.49. The molecule has 0 bridgehead atoms. The van der Waals surface area contributed by atoms with Crippen molar-refractivity contribution >= 4 is 11.6 Å². The number of benzene rings is 1. The highest BCUT2D eigenvalue weighted by atomic mass is 35.5. The number of aryl methyl sites for hydroxylation is 1. The van der Waals surface area contributed by atoms with Crippen LogP contribution in [0.1, 0.15) is 5.56 Å². The van der Waals surface area contributed by atoms with Gasteiger partial charge < -0.3 is 15.4 Å². The third kappa shape index (κ3) is 4.39. The summed E-state index contributed by atoms with van der Waals surface area (Å²) in [6.45, 7) is 3.30. The van der Waals surface area contributed by atoms with Gasteiger partial charge in [-0.25, -0.2) is 0 Å². The molecule has 1 aromatic carbocycles. The molecule has 0 aromatic heterocycles. The lowest BCUT2D eigenvalue weighted by Crippen LogP contribution is -2.38. The second kappa shape index (κ2) is 6.09. The predicted molar refractivity (Wildman–Crippen MR) is 68.2 cm³/mol. The Morgan fingerprint density at radius 2 is 2.12 bits per heavy atom. The number of nitrogens with two attached hydrogens (primary N) is 1. The van der Waals surface area contributed by atoms with Crippen molar-refractivity contribution in [2.24, 2.45) is 5.73 Å². The van der Waals surface area contributed by atoms with Crippen LogP contribution in [0.15, 0.2) is 18.2 Å². The van der Waals surface area contributed by atoms with Gasteiger partial charge in [-0.2, -0.15) is 0 Å². The molecule has 0 radical (unpaired) electrons. The van der Waals surface area contributed by atoms with Crippen LogP contribution in [0.4, 0.5) is 0 Å². The Kier molecular flexibility index (Phi) is 5.06. The van der Waals surface area contributed by atoms with Crippen molar-refractivity contribution in [2.75, 3.05) is 27.2 Å². The van der Waals surface area contributed by atoms with E-state index < -0.39 is 0 Å². The number of hydrogen-bond acceptors (Lipinski definition) is 3. The van der Waals surface area contributed by atoms with Crippen LogP contribution in [0.3, 0.4) is 0 Å². The molecule has 3 nitrogen and oxygen atoms in total. The van der Waals surface area contributed by atoms with E-state index in [4.69, 9.17) is 22.1 Å². The summed E-state index contributed by atoms with van der Waals surface area (Å²) in [7, 11) is 3.99. The lowest BCUT2D eigenvalue weighted by Gasteiger charge is -2.18. The van der Waals surface area contributed by atoms with Gasteiger partial charge in [0.05, 0.1) is 6.04 Å². The maximum absolute atomic E-state index is 5.91. The molecule has 4 heteroatoms. The monoisotopic (exact) mass is 242 g/mol. The molecule has 1 rings (SSSR count). The zero-order valence-corrected chi connectivity index (χ0v) is 10.8. The van der Waals surface area contributed by atoms with Crippen LogP contribution in [0, 0.1) is 6.92 Å². The topological polar surface area (TPSA) is 38.5 Å². The van der Waals surface area contributed by atoms with Gasteiger partial charge in [0.1, 0.15) is 12.4 Å². The first-order valence-corrected chi connectivity index (χ1v) is 5.66. The quantitative estimate of drug-likeness (QED) is 0.858. The van der Waals surface area contributed by atoms with Crippen molar-refractivity contribution in [3.63, 3.8) is 0 Å². The van der Waals surface area contributed by atoms with Gasteiger partial charge in [-0.3, -0.25) is 0 Å². The van der Waals surface area contributed by atoms with E-state index in [0.29, 0.717) is 6.61 Å². The summed E-state index contributed by atoms with van der Waals surface area (Å²) in [5, 5.41) is 0.724. The molecular weight excluding hydrogens is 224 g/mol. The fraction of sp³-hybridized carbons (Fsp3) is 0.500. The minimum atomic E-state index is 0.0186. The van der Waals surface area contributed by atoms with Gasteiger partial charge in [0.15, 0.2) is 0 Å². The Morgan fingerprint density at radius 1 is 1.44 bits per heavy atom. The molecule has 90 valence electrons. The predicted octanol–water partition coefficient (Wildman–Crippen LogP) is 1.92. The molecule has 0 saturated carbocycles. The van der Waals surface area contributed by atoms with Crippen molar-refractivity contribution in [1.29, 1.82) is 0 Å². The number of halogens is 1. The summed E-state index contributed by atoms with van der Waals surface area (Å²) in [4.78, 5) is 2.04. The highest BCUT2D eigenvalue weighted by Crippen LogP contribution is 2.21. The summed E-state index contributed by atoms with van der Waals surface area (Å²) in [5.41, 5.74) is 6.94. The minimum Gasteiger partial charge on any atom is -0.492 e. The molecule has 0 aliphatic carbocycles. The lowest BCUT2D eigenvalue weighted by atomic mass is 10.2. The SMILES string of the molecule is Cc1cc(Cl)ccc1OCC(N)CN(C)C. The van der Waals surface area contributed by atoms with E-state index in [9.17, 15) is 0 Å². The van der Waals surface area contributed by atoms with Crippen molar-refractivity contribution in [2.45, 2.75) is 13.0 Å². The summed E-state index contributed by atoms with van der Waals surface area (Å²) >= 11 is 5.86. The summed E-state index contributed by atoms with van der Waals surface area (Å²) in [6, 6.07) is 5.60. The first kappa shape index (κ1) is 13.3. The average molecular weight is 243 g/mol. The van der Waals surface area contributed by atoms with Gasteiger partial charge in [-0.15, -0.1) is 0 Å². The number of hydrogen-bond donors (Lipinski definition) is 1. The molecule has 0 amide bonds. The molecule has 0 saturated heterocycles. The highest BCUT2D eigenvalue weighted by molar-refractivity contribution is 6.30. The first-order valence-electron chi connectivity index (χ1n) is 5.28. The molecule has 1 aromatic rings. The molecule has 0 spiro atoms. The third-order valence-electron chi connectivity index (χ3n) is 2.19. The smallest absolute Gasteiger partial charge is 0.122 e. The van der Waals surface area contributed by atoms with E-state index in [2.05, 4.69) is 0 Å². The minimum absolute atomic E-state index is 0.0186. The van der Waals surface area contributed by atoms with Crippen molar-refractivity contribution in [1.82, 2.24) is 4.90 Å².